The Morgan fingerprint density at radius 3 is 2.61 bits per heavy atom. The lowest BCUT2D eigenvalue weighted by atomic mass is 10.2. The van der Waals surface area contributed by atoms with Gasteiger partial charge in [-0.15, -0.1) is 0 Å². The first-order valence-corrected chi connectivity index (χ1v) is 11.3. The number of ether oxygens (including phenoxy) is 2. The molecule has 0 bridgehead atoms. The minimum absolute atomic E-state index is 0.130. The highest BCUT2D eigenvalue weighted by molar-refractivity contribution is 9.10. The third-order valence-electron chi connectivity index (χ3n) is 4.23. The second kappa shape index (κ2) is 10.6. The standard InChI is InChI=1S/C23H22BrFN2O3S/c1-4-11-30-21-18(24)12-15(13-19(21)29-6-3)14-20-22(28)27(5-2)23(31-20)26-17-9-7-16(25)8-10-17/h4,7-10,12-14H,1,5-6,11H2,2-3H3/b20-14+,26-23?. The summed E-state index contributed by atoms with van der Waals surface area (Å²) in [4.78, 5) is 19.6. The van der Waals surface area contributed by atoms with Gasteiger partial charge in [0.1, 0.15) is 12.4 Å². The van der Waals surface area contributed by atoms with E-state index in [1.54, 1.807) is 29.2 Å². The Hall–Kier alpha value is -2.58. The van der Waals surface area contributed by atoms with Crippen LogP contribution in [0.5, 0.6) is 11.5 Å². The van der Waals surface area contributed by atoms with Crippen LogP contribution >= 0.6 is 27.7 Å². The van der Waals surface area contributed by atoms with Crippen molar-refractivity contribution in [3.05, 3.63) is 69.8 Å². The molecule has 2 aromatic carbocycles. The number of aliphatic imine (C=N–C) groups is 1. The molecule has 0 atom stereocenters. The number of rotatable bonds is 8. The first-order chi connectivity index (χ1) is 15.0. The molecule has 1 amide bonds. The monoisotopic (exact) mass is 504 g/mol. The quantitative estimate of drug-likeness (QED) is 0.318. The second-order valence-corrected chi connectivity index (χ2v) is 8.26. The third-order valence-corrected chi connectivity index (χ3v) is 5.83. The van der Waals surface area contributed by atoms with Crippen molar-refractivity contribution in [3.8, 4) is 11.5 Å². The van der Waals surface area contributed by atoms with Crippen LogP contribution in [-0.2, 0) is 4.79 Å². The molecule has 0 spiro atoms. The highest BCUT2D eigenvalue weighted by Gasteiger charge is 2.32. The molecule has 0 unspecified atom stereocenters. The van der Waals surface area contributed by atoms with Gasteiger partial charge in [0.05, 0.1) is 21.7 Å². The average Bonchev–Trinajstić information content (AvgIpc) is 3.03. The Labute approximate surface area is 193 Å². The molecular formula is C23H22BrFN2O3S. The largest absolute Gasteiger partial charge is 0.490 e. The zero-order chi connectivity index (χ0) is 22.4. The molecule has 3 rings (SSSR count). The lowest BCUT2D eigenvalue weighted by molar-refractivity contribution is -0.122. The summed E-state index contributed by atoms with van der Waals surface area (Å²) in [6, 6.07) is 9.55. The Morgan fingerprint density at radius 2 is 1.97 bits per heavy atom. The fraction of sp³-hybridized carbons (Fsp3) is 0.217. The number of amides is 1. The Kier molecular flexibility index (Phi) is 7.92. The average molecular weight is 505 g/mol. The van der Waals surface area contributed by atoms with Crippen molar-refractivity contribution in [1.82, 2.24) is 4.90 Å². The minimum atomic E-state index is -0.330. The number of likely N-dealkylation sites (N-methyl/N-ethyl adjacent to an activating group) is 1. The van der Waals surface area contributed by atoms with E-state index >= 15 is 0 Å². The van der Waals surface area contributed by atoms with Gasteiger partial charge in [-0.25, -0.2) is 9.38 Å². The smallest absolute Gasteiger partial charge is 0.266 e. The van der Waals surface area contributed by atoms with Crippen LogP contribution in [0.15, 0.2) is 63.4 Å². The zero-order valence-corrected chi connectivity index (χ0v) is 19.6. The first kappa shape index (κ1) is 23.1. The SMILES string of the molecule is C=CCOc1c(Br)cc(/C=C2/SC(=Nc3ccc(F)cc3)N(CC)C2=O)cc1OCC. The van der Waals surface area contributed by atoms with E-state index in [1.165, 1.54) is 23.9 Å². The lowest BCUT2D eigenvalue weighted by Gasteiger charge is -2.14. The van der Waals surface area contributed by atoms with Gasteiger partial charge in [-0.2, -0.15) is 0 Å². The summed E-state index contributed by atoms with van der Waals surface area (Å²) in [6.07, 6.45) is 3.46. The molecule has 1 aliphatic rings. The van der Waals surface area contributed by atoms with Crippen LogP contribution < -0.4 is 9.47 Å². The maximum Gasteiger partial charge on any atom is 0.266 e. The van der Waals surface area contributed by atoms with Crippen molar-refractivity contribution in [3.63, 3.8) is 0 Å². The number of amidine groups is 1. The molecule has 2 aromatic rings. The van der Waals surface area contributed by atoms with Crippen LogP contribution in [0, 0.1) is 5.82 Å². The van der Waals surface area contributed by atoms with E-state index < -0.39 is 0 Å². The summed E-state index contributed by atoms with van der Waals surface area (Å²) in [5, 5.41) is 0.556. The topological polar surface area (TPSA) is 51.1 Å². The van der Waals surface area contributed by atoms with E-state index in [1.807, 2.05) is 26.0 Å². The van der Waals surface area contributed by atoms with Crippen LogP contribution in [0.1, 0.15) is 19.4 Å². The number of carbonyl (C=O) groups is 1. The molecule has 31 heavy (non-hydrogen) atoms. The van der Waals surface area contributed by atoms with Gasteiger partial charge in [0.15, 0.2) is 16.7 Å². The van der Waals surface area contributed by atoms with Crippen molar-refractivity contribution in [1.29, 1.82) is 0 Å². The van der Waals surface area contributed by atoms with Crippen LogP contribution in [0.3, 0.4) is 0 Å². The highest BCUT2D eigenvalue weighted by atomic mass is 79.9. The number of carbonyl (C=O) groups excluding carboxylic acids is 1. The molecule has 1 heterocycles. The predicted octanol–water partition coefficient (Wildman–Crippen LogP) is 6.18. The highest BCUT2D eigenvalue weighted by Crippen LogP contribution is 2.39. The zero-order valence-electron chi connectivity index (χ0n) is 17.2. The van der Waals surface area contributed by atoms with Gasteiger partial charge in [0.2, 0.25) is 0 Å². The first-order valence-electron chi connectivity index (χ1n) is 9.72. The fourth-order valence-corrected chi connectivity index (χ4v) is 4.50. The van der Waals surface area contributed by atoms with Crippen molar-refractivity contribution < 1.29 is 18.7 Å². The van der Waals surface area contributed by atoms with E-state index in [9.17, 15) is 9.18 Å². The predicted molar refractivity (Wildman–Crippen MR) is 127 cm³/mol. The summed E-state index contributed by atoms with van der Waals surface area (Å²) in [7, 11) is 0. The van der Waals surface area contributed by atoms with Crippen molar-refractivity contribution in [2.75, 3.05) is 19.8 Å². The van der Waals surface area contributed by atoms with Gasteiger partial charge in [0, 0.05) is 6.54 Å². The fourth-order valence-electron chi connectivity index (χ4n) is 2.86. The Balaban J connectivity index is 1.94. The molecule has 0 aromatic heterocycles. The van der Waals surface area contributed by atoms with E-state index in [-0.39, 0.29) is 11.7 Å². The number of thioether (sulfide) groups is 1. The van der Waals surface area contributed by atoms with E-state index in [0.717, 1.165) is 10.0 Å². The second-order valence-electron chi connectivity index (χ2n) is 6.39. The Morgan fingerprint density at radius 1 is 1.23 bits per heavy atom. The molecule has 1 aliphatic heterocycles. The number of benzene rings is 2. The molecule has 5 nitrogen and oxygen atoms in total. The van der Waals surface area contributed by atoms with E-state index in [2.05, 4.69) is 27.5 Å². The van der Waals surface area contributed by atoms with Crippen LogP contribution in [0.4, 0.5) is 10.1 Å². The molecule has 8 heteroatoms. The van der Waals surface area contributed by atoms with Gasteiger partial charge in [-0.1, -0.05) is 12.7 Å². The van der Waals surface area contributed by atoms with Gasteiger partial charge in [0.25, 0.3) is 5.91 Å². The van der Waals surface area contributed by atoms with Gasteiger partial charge in [-0.3, -0.25) is 9.69 Å². The van der Waals surface area contributed by atoms with E-state index in [0.29, 0.717) is 47.0 Å². The third kappa shape index (κ3) is 5.57. The number of nitrogens with zero attached hydrogens (tertiary/aromatic N) is 2. The van der Waals surface area contributed by atoms with E-state index in [4.69, 9.17) is 9.47 Å². The molecule has 162 valence electrons. The van der Waals surface area contributed by atoms with Crippen LogP contribution in [-0.4, -0.2) is 35.7 Å². The van der Waals surface area contributed by atoms with Crippen molar-refractivity contribution in [2.24, 2.45) is 4.99 Å². The normalized spacial score (nSPS) is 16.3. The van der Waals surface area contributed by atoms with Crippen LogP contribution in [0.2, 0.25) is 0 Å². The summed E-state index contributed by atoms with van der Waals surface area (Å²) in [5.74, 6) is 0.703. The summed E-state index contributed by atoms with van der Waals surface area (Å²) >= 11 is 4.81. The Bertz CT molecular complexity index is 1040. The molecule has 0 radical (unpaired) electrons. The van der Waals surface area contributed by atoms with Gasteiger partial charge in [-0.05, 0) is 89.6 Å². The molecule has 0 aliphatic carbocycles. The van der Waals surface area contributed by atoms with Crippen molar-refractivity contribution >= 4 is 50.5 Å². The molecule has 1 fully saturated rings. The van der Waals surface area contributed by atoms with Crippen molar-refractivity contribution in [2.45, 2.75) is 13.8 Å². The molecule has 1 saturated heterocycles. The molecule has 0 saturated carbocycles. The summed E-state index contributed by atoms with van der Waals surface area (Å²) in [5.41, 5.74) is 1.37. The summed E-state index contributed by atoms with van der Waals surface area (Å²) in [6.45, 7) is 8.75. The summed E-state index contributed by atoms with van der Waals surface area (Å²) < 4.78 is 25.3. The lowest BCUT2D eigenvalue weighted by Crippen LogP contribution is -2.28. The van der Waals surface area contributed by atoms with Gasteiger partial charge >= 0.3 is 0 Å². The maximum atomic E-state index is 13.2. The minimum Gasteiger partial charge on any atom is -0.490 e. The van der Waals surface area contributed by atoms with Crippen LogP contribution in [0.25, 0.3) is 6.08 Å². The maximum absolute atomic E-state index is 13.2. The number of hydrogen-bond donors (Lipinski definition) is 0. The molecule has 0 N–H and O–H groups in total. The number of hydrogen-bond acceptors (Lipinski definition) is 5. The number of halogens is 2. The van der Waals surface area contributed by atoms with Gasteiger partial charge < -0.3 is 9.47 Å². The molecular weight excluding hydrogens is 483 g/mol.